The van der Waals surface area contributed by atoms with Crippen molar-refractivity contribution in [2.24, 2.45) is 0 Å². The molecule has 4 heterocycles. The van der Waals surface area contributed by atoms with Gasteiger partial charge in [-0.2, -0.15) is 9.97 Å². The van der Waals surface area contributed by atoms with Gasteiger partial charge in [0.25, 0.3) is 0 Å². The Morgan fingerprint density at radius 2 is 1.86 bits per heavy atom. The van der Waals surface area contributed by atoms with Gasteiger partial charge in [0.2, 0.25) is 0 Å². The van der Waals surface area contributed by atoms with Gasteiger partial charge in [0.1, 0.15) is 23.6 Å². The fourth-order valence-corrected chi connectivity index (χ4v) is 5.58. The maximum Gasteiger partial charge on any atom is 0.319 e. The fraction of sp³-hybridized carbons (Fsp3) is 0.370. The van der Waals surface area contributed by atoms with Crippen LogP contribution in [0.3, 0.4) is 0 Å². The number of piperazine rings is 1. The molecule has 2 unspecified atom stereocenters. The third kappa shape index (κ3) is 4.23. The van der Waals surface area contributed by atoms with Crippen molar-refractivity contribution in [1.29, 1.82) is 0 Å². The van der Waals surface area contributed by atoms with Crippen LogP contribution in [0.1, 0.15) is 12.8 Å². The highest BCUT2D eigenvalue weighted by atomic mass is 35.5. The van der Waals surface area contributed by atoms with E-state index >= 15 is 4.39 Å². The van der Waals surface area contributed by atoms with Crippen molar-refractivity contribution in [3.8, 4) is 17.3 Å². The fourth-order valence-electron chi connectivity index (χ4n) is 5.30. The third-order valence-electron chi connectivity index (χ3n) is 7.04. The number of pyridine rings is 1. The van der Waals surface area contributed by atoms with Crippen molar-refractivity contribution in [3.05, 3.63) is 53.4 Å². The number of anilines is 1. The van der Waals surface area contributed by atoms with Gasteiger partial charge < -0.3 is 19.9 Å². The van der Waals surface area contributed by atoms with Gasteiger partial charge in [-0.3, -0.25) is 4.98 Å². The first kappa shape index (κ1) is 23.3. The zero-order chi connectivity index (χ0) is 24.8. The van der Waals surface area contributed by atoms with E-state index in [1.165, 1.54) is 0 Å². The maximum atomic E-state index is 16.3. The molecule has 2 bridgehead atoms. The molecule has 4 aromatic rings. The monoisotopic (exact) mass is 506 g/mol. The smallest absolute Gasteiger partial charge is 0.319 e. The molecular weight excluding hydrogens is 479 g/mol. The van der Waals surface area contributed by atoms with E-state index in [1.54, 1.807) is 6.20 Å². The van der Waals surface area contributed by atoms with E-state index in [1.807, 2.05) is 55.4 Å². The minimum Gasteiger partial charge on any atom is -0.462 e. The zero-order valence-electron chi connectivity index (χ0n) is 20.3. The molecule has 2 aliphatic rings. The van der Waals surface area contributed by atoms with Gasteiger partial charge >= 0.3 is 6.01 Å². The predicted octanol–water partition coefficient (Wildman–Crippen LogP) is 4.52. The van der Waals surface area contributed by atoms with E-state index in [2.05, 4.69) is 20.2 Å². The highest BCUT2D eigenvalue weighted by molar-refractivity contribution is 6.36. The molecule has 2 aromatic heterocycles. The number of rotatable bonds is 6. The second-order valence-electron chi connectivity index (χ2n) is 9.85. The van der Waals surface area contributed by atoms with Crippen LogP contribution in [0.4, 0.5) is 10.2 Å². The number of nitrogens with one attached hydrogen (secondary N) is 1. The van der Waals surface area contributed by atoms with E-state index in [0.717, 1.165) is 36.7 Å². The number of fused-ring (bicyclic) bond motifs is 4. The SMILES string of the molecule is CN(C)CCOc1nc(N2CC3CCC(C2)N3)c2cnc(-c3cccc4cccc(Cl)c34)c(F)c2n1. The number of likely N-dealkylation sites (N-methyl/N-ethyl adjacent to an activating group) is 1. The lowest BCUT2D eigenvalue weighted by Crippen LogP contribution is -2.51. The van der Waals surface area contributed by atoms with Crippen molar-refractivity contribution in [3.63, 3.8) is 0 Å². The number of hydrogen-bond donors (Lipinski definition) is 1. The number of hydrogen-bond acceptors (Lipinski definition) is 7. The van der Waals surface area contributed by atoms with Crippen LogP contribution >= 0.6 is 11.6 Å². The molecule has 0 saturated carbocycles. The summed E-state index contributed by atoms with van der Waals surface area (Å²) >= 11 is 6.54. The summed E-state index contributed by atoms with van der Waals surface area (Å²) in [5, 5.41) is 6.47. The molecule has 1 N–H and O–H groups in total. The highest BCUT2D eigenvalue weighted by Crippen LogP contribution is 2.38. The largest absolute Gasteiger partial charge is 0.462 e. The third-order valence-corrected chi connectivity index (χ3v) is 7.35. The molecule has 2 saturated heterocycles. The molecule has 0 amide bonds. The van der Waals surface area contributed by atoms with Crippen molar-refractivity contribution in [2.45, 2.75) is 24.9 Å². The number of halogens is 2. The topological polar surface area (TPSA) is 66.4 Å². The van der Waals surface area contributed by atoms with Crippen molar-refractivity contribution < 1.29 is 9.13 Å². The molecule has 2 atom stereocenters. The van der Waals surface area contributed by atoms with Crippen LogP contribution in [0.25, 0.3) is 32.9 Å². The first-order valence-electron chi connectivity index (χ1n) is 12.3. The van der Waals surface area contributed by atoms with Gasteiger partial charge in [0.15, 0.2) is 5.82 Å². The minimum atomic E-state index is -0.501. The summed E-state index contributed by atoms with van der Waals surface area (Å²) in [6.07, 6.45) is 3.95. The molecular formula is C27H28ClFN6O. The predicted molar refractivity (Wildman–Crippen MR) is 141 cm³/mol. The van der Waals surface area contributed by atoms with Crippen LogP contribution in [0, 0.1) is 5.82 Å². The van der Waals surface area contributed by atoms with Gasteiger partial charge in [-0.25, -0.2) is 4.39 Å². The number of benzene rings is 2. The summed E-state index contributed by atoms with van der Waals surface area (Å²) in [5.41, 5.74) is 1.05. The molecule has 36 heavy (non-hydrogen) atoms. The van der Waals surface area contributed by atoms with E-state index in [0.29, 0.717) is 47.0 Å². The van der Waals surface area contributed by atoms with Gasteiger partial charge in [-0.05, 0) is 38.4 Å². The van der Waals surface area contributed by atoms with Gasteiger partial charge in [-0.15, -0.1) is 0 Å². The van der Waals surface area contributed by atoms with E-state index in [9.17, 15) is 0 Å². The Kier molecular flexibility index (Phi) is 6.11. The van der Waals surface area contributed by atoms with E-state index < -0.39 is 5.82 Å². The lowest BCUT2D eigenvalue weighted by atomic mass is 10.0. The maximum absolute atomic E-state index is 16.3. The van der Waals surface area contributed by atoms with Crippen LogP contribution in [0.5, 0.6) is 6.01 Å². The van der Waals surface area contributed by atoms with Crippen molar-refractivity contribution in [2.75, 3.05) is 45.2 Å². The van der Waals surface area contributed by atoms with Gasteiger partial charge in [0.05, 0.1) is 5.39 Å². The standard InChI is InChI=1S/C27H28ClFN6O/c1-34(2)11-12-36-27-32-25-20(26(33-27)35-14-17-9-10-18(15-35)31-17)13-30-24(23(25)29)19-7-3-5-16-6-4-8-21(28)22(16)19/h3-8,13,17-18,31H,9-12,14-15H2,1-2H3. The van der Waals surface area contributed by atoms with Crippen molar-refractivity contribution >= 4 is 39.1 Å². The molecule has 0 spiro atoms. The van der Waals surface area contributed by atoms with Crippen LogP contribution in [0.15, 0.2) is 42.6 Å². The average molecular weight is 507 g/mol. The summed E-state index contributed by atoms with van der Waals surface area (Å²) < 4.78 is 22.2. The van der Waals surface area contributed by atoms with E-state index in [-0.39, 0.29) is 17.2 Å². The zero-order valence-corrected chi connectivity index (χ0v) is 21.1. The first-order valence-corrected chi connectivity index (χ1v) is 12.7. The Hall–Kier alpha value is -3.07. The second kappa shape index (κ2) is 9.42. The lowest BCUT2D eigenvalue weighted by Gasteiger charge is -2.34. The average Bonchev–Trinajstić information content (AvgIpc) is 3.21. The number of nitrogens with zero attached hydrogens (tertiary/aromatic N) is 5. The Morgan fingerprint density at radius 3 is 2.61 bits per heavy atom. The lowest BCUT2D eigenvalue weighted by molar-refractivity contribution is 0.246. The molecule has 0 radical (unpaired) electrons. The first-order chi connectivity index (χ1) is 17.5. The molecule has 2 fully saturated rings. The quantitative estimate of drug-likeness (QED) is 0.412. The molecule has 7 nitrogen and oxygen atoms in total. The molecule has 2 aliphatic heterocycles. The van der Waals surface area contributed by atoms with Gasteiger partial charge in [0, 0.05) is 53.9 Å². The Morgan fingerprint density at radius 1 is 1.11 bits per heavy atom. The van der Waals surface area contributed by atoms with E-state index in [4.69, 9.17) is 21.3 Å². The van der Waals surface area contributed by atoms with Crippen molar-refractivity contribution in [1.82, 2.24) is 25.2 Å². The summed E-state index contributed by atoms with van der Waals surface area (Å²) in [4.78, 5) is 18.1. The highest BCUT2D eigenvalue weighted by Gasteiger charge is 2.34. The number of ether oxygens (including phenoxy) is 1. The van der Waals surface area contributed by atoms with Crippen LogP contribution in [0.2, 0.25) is 5.02 Å². The van der Waals surface area contributed by atoms with Crippen LogP contribution in [-0.2, 0) is 0 Å². The minimum absolute atomic E-state index is 0.178. The molecule has 0 aliphatic carbocycles. The summed E-state index contributed by atoms with van der Waals surface area (Å²) in [7, 11) is 3.94. The Bertz CT molecular complexity index is 1430. The van der Waals surface area contributed by atoms with Crippen LogP contribution < -0.4 is 15.0 Å². The Balaban J connectivity index is 1.50. The summed E-state index contributed by atoms with van der Waals surface area (Å²) in [6, 6.07) is 12.3. The normalized spacial score (nSPS) is 19.5. The Labute approximate surface area is 214 Å². The molecule has 186 valence electrons. The molecule has 6 rings (SSSR count). The number of aromatic nitrogens is 3. The molecule has 9 heteroatoms. The summed E-state index contributed by atoms with van der Waals surface area (Å²) in [5.74, 6) is 0.172. The summed E-state index contributed by atoms with van der Waals surface area (Å²) in [6.45, 7) is 2.72. The van der Waals surface area contributed by atoms with Crippen LogP contribution in [-0.4, -0.2) is 72.3 Å². The molecule has 2 aromatic carbocycles. The second-order valence-corrected chi connectivity index (χ2v) is 10.3. The van der Waals surface area contributed by atoms with Gasteiger partial charge in [-0.1, -0.05) is 41.9 Å².